The van der Waals surface area contributed by atoms with Crippen molar-refractivity contribution in [1.29, 1.82) is 0 Å². The minimum absolute atomic E-state index is 0.299. The number of pyridine rings is 1. The van der Waals surface area contributed by atoms with Crippen LogP contribution in [0.5, 0.6) is 5.88 Å². The monoisotopic (exact) mass is 326 g/mol. The van der Waals surface area contributed by atoms with Gasteiger partial charge in [0.15, 0.2) is 0 Å². The third kappa shape index (κ3) is 9.01. The Morgan fingerprint density at radius 1 is 1.35 bits per heavy atom. The molecule has 0 saturated carbocycles. The van der Waals surface area contributed by atoms with Gasteiger partial charge in [0, 0.05) is 12.6 Å². The van der Waals surface area contributed by atoms with Crippen LogP contribution in [0.2, 0.25) is 0 Å². The number of carbonyl (C=O) groups excluding carboxylic acids is 1. The molecule has 0 bridgehead atoms. The molecule has 0 saturated heterocycles. The number of alkyl carbamates (subject to hydrolysis) is 1. The first kappa shape index (κ1) is 19.2. The van der Waals surface area contributed by atoms with E-state index in [0.717, 1.165) is 25.5 Å². The standard InChI is InChI=1S/C17H27FN2O3/c1-5-6-13(11-20-16(21)23-17(2,3)4)9-10-22-15-8-7-14(18)12-19-15/h7-8,12-13H,5-6,9-11H2,1-4H3,(H,20,21). The molecule has 0 aromatic carbocycles. The molecule has 0 fully saturated rings. The molecule has 1 heterocycles. The molecule has 0 aliphatic carbocycles. The van der Waals surface area contributed by atoms with E-state index in [1.807, 2.05) is 20.8 Å². The van der Waals surface area contributed by atoms with E-state index >= 15 is 0 Å². The lowest BCUT2D eigenvalue weighted by molar-refractivity contribution is 0.0515. The number of ether oxygens (including phenoxy) is 2. The molecule has 1 atom stereocenters. The molecule has 0 aliphatic heterocycles. The molecular weight excluding hydrogens is 299 g/mol. The second kappa shape index (κ2) is 9.33. The highest BCUT2D eigenvalue weighted by Crippen LogP contribution is 2.13. The largest absolute Gasteiger partial charge is 0.478 e. The van der Waals surface area contributed by atoms with Gasteiger partial charge in [-0.2, -0.15) is 0 Å². The van der Waals surface area contributed by atoms with Gasteiger partial charge < -0.3 is 14.8 Å². The topological polar surface area (TPSA) is 60.5 Å². The van der Waals surface area contributed by atoms with Gasteiger partial charge in [-0.3, -0.25) is 0 Å². The average Bonchev–Trinajstić information content (AvgIpc) is 2.45. The number of nitrogens with zero attached hydrogens (tertiary/aromatic N) is 1. The van der Waals surface area contributed by atoms with Crippen LogP contribution in [-0.4, -0.2) is 29.8 Å². The lowest BCUT2D eigenvalue weighted by atomic mass is 10.0. The van der Waals surface area contributed by atoms with Gasteiger partial charge in [-0.25, -0.2) is 14.2 Å². The number of hydrogen-bond acceptors (Lipinski definition) is 4. The lowest BCUT2D eigenvalue weighted by Gasteiger charge is -2.22. The maximum Gasteiger partial charge on any atom is 0.407 e. The van der Waals surface area contributed by atoms with Crippen LogP contribution in [-0.2, 0) is 4.74 Å². The van der Waals surface area contributed by atoms with E-state index in [0.29, 0.717) is 24.9 Å². The molecule has 130 valence electrons. The minimum atomic E-state index is -0.498. The first-order chi connectivity index (χ1) is 10.8. The maximum absolute atomic E-state index is 12.8. The number of hydrogen-bond donors (Lipinski definition) is 1. The molecule has 1 rings (SSSR count). The zero-order valence-electron chi connectivity index (χ0n) is 14.4. The van der Waals surface area contributed by atoms with Crippen molar-refractivity contribution < 1.29 is 18.7 Å². The summed E-state index contributed by atoms with van der Waals surface area (Å²) in [6.45, 7) is 8.62. The highest BCUT2D eigenvalue weighted by molar-refractivity contribution is 5.67. The summed E-state index contributed by atoms with van der Waals surface area (Å²) in [7, 11) is 0. The lowest BCUT2D eigenvalue weighted by Crippen LogP contribution is -2.35. The minimum Gasteiger partial charge on any atom is -0.478 e. The smallest absolute Gasteiger partial charge is 0.407 e. The molecule has 23 heavy (non-hydrogen) atoms. The SMILES string of the molecule is CCCC(CCOc1ccc(F)cn1)CNC(=O)OC(C)(C)C. The highest BCUT2D eigenvalue weighted by atomic mass is 19.1. The number of aromatic nitrogens is 1. The van der Waals surface area contributed by atoms with Crippen LogP contribution in [0.15, 0.2) is 18.3 Å². The van der Waals surface area contributed by atoms with Gasteiger partial charge in [0.1, 0.15) is 11.4 Å². The number of carbonyl (C=O) groups is 1. The Labute approximate surface area is 137 Å². The van der Waals surface area contributed by atoms with Crippen molar-refractivity contribution in [2.45, 2.75) is 52.6 Å². The fraction of sp³-hybridized carbons (Fsp3) is 0.647. The molecular formula is C17H27FN2O3. The van der Waals surface area contributed by atoms with Crippen molar-refractivity contribution in [2.24, 2.45) is 5.92 Å². The predicted molar refractivity (Wildman–Crippen MR) is 86.9 cm³/mol. The quantitative estimate of drug-likeness (QED) is 0.786. The number of amides is 1. The fourth-order valence-electron chi connectivity index (χ4n) is 2.08. The van der Waals surface area contributed by atoms with E-state index < -0.39 is 11.7 Å². The zero-order valence-corrected chi connectivity index (χ0v) is 14.4. The molecule has 6 heteroatoms. The van der Waals surface area contributed by atoms with Gasteiger partial charge in [-0.05, 0) is 45.6 Å². The second-order valence-corrected chi connectivity index (χ2v) is 6.49. The predicted octanol–water partition coefficient (Wildman–Crippen LogP) is 3.93. The normalized spacial score (nSPS) is 12.6. The van der Waals surface area contributed by atoms with E-state index in [9.17, 15) is 9.18 Å². The summed E-state index contributed by atoms with van der Waals surface area (Å²) in [6.07, 6.45) is 3.51. The molecule has 1 aromatic heterocycles. The van der Waals surface area contributed by atoms with Crippen LogP contribution in [0.25, 0.3) is 0 Å². The Bertz CT molecular complexity index is 472. The van der Waals surface area contributed by atoms with Crippen LogP contribution in [0.3, 0.4) is 0 Å². The first-order valence-corrected chi connectivity index (χ1v) is 8.01. The van der Waals surface area contributed by atoms with Crippen molar-refractivity contribution in [3.05, 3.63) is 24.1 Å². The molecule has 0 aliphatic rings. The first-order valence-electron chi connectivity index (χ1n) is 8.01. The summed E-state index contributed by atoms with van der Waals surface area (Å²) in [5, 5.41) is 2.80. The van der Waals surface area contributed by atoms with Gasteiger partial charge >= 0.3 is 6.09 Å². The molecule has 1 unspecified atom stereocenters. The molecule has 5 nitrogen and oxygen atoms in total. The third-order valence-electron chi connectivity index (χ3n) is 3.11. The average molecular weight is 326 g/mol. The van der Waals surface area contributed by atoms with Gasteiger partial charge in [-0.15, -0.1) is 0 Å². The van der Waals surface area contributed by atoms with Crippen LogP contribution in [0.1, 0.15) is 47.0 Å². The van der Waals surface area contributed by atoms with E-state index in [4.69, 9.17) is 9.47 Å². The second-order valence-electron chi connectivity index (χ2n) is 6.49. The summed E-state index contributed by atoms with van der Waals surface area (Å²) in [5.74, 6) is 0.317. The number of nitrogens with one attached hydrogen (secondary N) is 1. The third-order valence-corrected chi connectivity index (χ3v) is 3.11. The van der Waals surface area contributed by atoms with Gasteiger partial charge in [0.05, 0.1) is 12.8 Å². The van der Waals surface area contributed by atoms with Crippen LogP contribution >= 0.6 is 0 Å². The van der Waals surface area contributed by atoms with Gasteiger partial charge in [0.25, 0.3) is 0 Å². The van der Waals surface area contributed by atoms with Crippen LogP contribution in [0, 0.1) is 11.7 Å². The number of rotatable bonds is 8. The van der Waals surface area contributed by atoms with E-state index in [1.165, 1.54) is 12.1 Å². The Balaban J connectivity index is 2.33. The fourth-order valence-corrected chi connectivity index (χ4v) is 2.08. The Morgan fingerprint density at radius 2 is 2.09 bits per heavy atom. The van der Waals surface area contributed by atoms with Crippen LogP contribution < -0.4 is 10.1 Å². The van der Waals surface area contributed by atoms with Crippen molar-refractivity contribution in [1.82, 2.24) is 10.3 Å². The molecule has 0 radical (unpaired) electrons. The Morgan fingerprint density at radius 3 is 2.65 bits per heavy atom. The van der Waals surface area contributed by atoms with Crippen molar-refractivity contribution in [2.75, 3.05) is 13.2 Å². The maximum atomic E-state index is 12.8. The molecule has 1 N–H and O–H groups in total. The van der Waals surface area contributed by atoms with Crippen molar-refractivity contribution in [3.63, 3.8) is 0 Å². The summed E-state index contributed by atoms with van der Waals surface area (Å²) in [6, 6.07) is 2.82. The summed E-state index contributed by atoms with van der Waals surface area (Å²) >= 11 is 0. The summed E-state index contributed by atoms with van der Waals surface area (Å²) < 4.78 is 23.5. The van der Waals surface area contributed by atoms with E-state index in [-0.39, 0.29) is 5.82 Å². The Hall–Kier alpha value is -1.85. The summed E-state index contributed by atoms with van der Waals surface area (Å²) in [4.78, 5) is 15.5. The van der Waals surface area contributed by atoms with Gasteiger partial charge in [-0.1, -0.05) is 13.3 Å². The van der Waals surface area contributed by atoms with E-state index in [1.54, 1.807) is 0 Å². The van der Waals surface area contributed by atoms with Crippen molar-refractivity contribution in [3.8, 4) is 5.88 Å². The Kier molecular flexibility index (Phi) is 7.78. The highest BCUT2D eigenvalue weighted by Gasteiger charge is 2.17. The summed E-state index contributed by atoms with van der Waals surface area (Å²) in [5.41, 5.74) is -0.498. The zero-order chi connectivity index (χ0) is 17.3. The van der Waals surface area contributed by atoms with Crippen LogP contribution in [0.4, 0.5) is 9.18 Å². The molecule has 1 amide bonds. The van der Waals surface area contributed by atoms with Crippen molar-refractivity contribution >= 4 is 6.09 Å². The molecule has 0 spiro atoms. The molecule has 1 aromatic rings. The van der Waals surface area contributed by atoms with Gasteiger partial charge in [0.2, 0.25) is 5.88 Å². The number of halogens is 1. The van der Waals surface area contributed by atoms with E-state index in [2.05, 4.69) is 17.2 Å².